The van der Waals surface area contributed by atoms with Gasteiger partial charge in [0.05, 0.1) is 198 Å². The molecule has 0 bridgehead atoms. The van der Waals surface area contributed by atoms with Crippen LogP contribution in [-0.4, -0.2) is 211 Å². The van der Waals surface area contributed by atoms with Gasteiger partial charge in [-0.05, 0) is 48.9 Å². The number of rotatable bonds is 66. The summed E-state index contributed by atoms with van der Waals surface area (Å²) in [7, 11) is 0. The van der Waals surface area contributed by atoms with Crippen LogP contribution in [0.5, 0.6) is 11.5 Å². The molecule has 79 heavy (non-hydrogen) atoms. The largest absolute Gasteiger partial charge is 0.491 e. The number of hydrogen-bond donors (Lipinski definition) is 0. The lowest BCUT2D eigenvalue weighted by molar-refractivity contribution is -0.0302. The maximum atomic E-state index is 6.01. The summed E-state index contributed by atoms with van der Waals surface area (Å²) in [4.78, 5) is 0. The lowest BCUT2D eigenvalue weighted by atomic mass is 10.0. The Hall–Kier alpha value is -2.56. The summed E-state index contributed by atoms with van der Waals surface area (Å²) in [5, 5.41) is 0. The lowest BCUT2D eigenvalue weighted by Crippen LogP contribution is -2.16. The van der Waals surface area contributed by atoms with E-state index in [4.69, 9.17) is 80.5 Å². The van der Waals surface area contributed by atoms with Crippen molar-refractivity contribution in [1.82, 2.24) is 0 Å². The maximum Gasteiger partial charge on any atom is 0.122 e. The summed E-state index contributed by atoms with van der Waals surface area (Å²) < 4.78 is 95.7. The molecule has 0 saturated heterocycles. The summed E-state index contributed by atoms with van der Waals surface area (Å²) in [6.07, 6.45) is 20.5. The first-order chi connectivity index (χ1) is 39.3. The third kappa shape index (κ3) is 50.9. The van der Waals surface area contributed by atoms with E-state index < -0.39 is 0 Å². The molecule has 460 valence electrons. The maximum absolute atomic E-state index is 6.01. The van der Waals surface area contributed by atoms with Crippen molar-refractivity contribution < 1.29 is 80.5 Å². The summed E-state index contributed by atoms with van der Waals surface area (Å²) in [5.41, 5.74) is 2.57. The van der Waals surface area contributed by atoms with E-state index in [1.165, 1.54) is 101 Å². The van der Waals surface area contributed by atoms with E-state index >= 15 is 0 Å². The predicted molar refractivity (Wildman–Crippen MR) is 310 cm³/mol. The van der Waals surface area contributed by atoms with Crippen LogP contribution in [0.1, 0.15) is 115 Å². The van der Waals surface area contributed by atoms with Crippen LogP contribution in [0.15, 0.2) is 48.5 Å². The van der Waals surface area contributed by atoms with E-state index in [1.54, 1.807) is 0 Å². The van der Waals surface area contributed by atoms with Crippen molar-refractivity contribution in [3.8, 4) is 11.5 Å². The zero-order valence-electron chi connectivity index (χ0n) is 49.5. The second kappa shape index (κ2) is 61.5. The van der Waals surface area contributed by atoms with Crippen LogP contribution in [0.2, 0.25) is 0 Å². The van der Waals surface area contributed by atoms with Crippen LogP contribution >= 0.6 is 0 Å². The molecule has 0 aliphatic rings. The van der Waals surface area contributed by atoms with Crippen molar-refractivity contribution >= 4 is 0 Å². The molecule has 0 radical (unpaired) electrons. The molecule has 17 heteroatoms. The molecule has 0 N–H and O–H groups in total. The van der Waals surface area contributed by atoms with Gasteiger partial charge in [-0.15, -0.1) is 0 Å². The third-order valence-corrected chi connectivity index (χ3v) is 12.2. The van der Waals surface area contributed by atoms with Crippen molar-refractivity contribution in [1.29, 1.82) is 0 Å². The van der Waals surface area contributed by atoms with Crippen LogP contribution in [0.25, 0.3) is 0 Å². The molecule has 0 aliphatic carbocycles. The van der Waals surface area contributed by atoms with Crippen LogP contribution in [0, 0.1) is 0 Å². The van der Waals surface area contributed by atoms with E-state index in [0.29, 0.717) is 211 Å². The average Bonchev–Trinajstić information content (AvgIpc) is 3.47. The van der Waals surface area contributed by atoms with E-state index in [2.05, 4.69) is 50.2 Å². The molecule has 0 aliphatic heterocycles. The third-order valence-electron chi connectivity index (χ3n) is 12.2. The topological polar surface area (TPSA) is 157 Å². The Balaban J connectivity index is 1.15. The van der Waals surface area contributed by atoms with E-state index in [-0.39, 0.29) is 0 Å². The minimum Gasteiger partial charge on any atom is -0.491 e. The first-order valence-electron chi connectivity index (χ1n) is 30.4. The summed E-state index contributed by atoms with van der Waals surface area (Å²) >= 11 is 0. The first kappa shape index (κ1) is 72.5. The molecule has 0 saturated carbocycles. The minimum atomic E-state index is 0.497. The van der Waals surface area contributed by atoms with Gasteiger partial charge in [-0.1, -0.05) is 127 Å². The average molecular weight is 1130 g/mol. The van der Waals surface area contributed by atoms with Gasteiger partial charge in [0.25, 0.3) is 0 Å². The Morgan fingerprint density at radius 2 is 0.380 bits per heavy atom. The predicted octanol–water partition coefficient (Wildman–Crippen LogP) is 9.98. The van der Waals surface area contributed by atoms with Crippen LogP contribution < -0.4 is 9.47 Å². The Kier molecular flexibility index (Phi) is 56.5. The first-order valence-corrected chi connectivity index (χ1v) is 30.4. The second-order valence-corrected chi connectivity index (χ2v) is 18.8. The molecule has 0 unspecified atom stereocenters. The fraction of sp³-hybridized carbons (Fsp3) is 0.806. The zero-order valence-corrected chi connectivity index (χ0v) is 49.5. The molecule has 0 spiro atoms. The van der Waals surface area contributed by atoms with Gasteiger partial charge in [-0.3, -0.25) is 0 Å². The molecule has 2 rings (SSSR count). The van der Waals surface area contributed by atoms with Crippen molar-refractivity contribution in [3.05, 3.63) is 59.7 Å². The van der Waals surface area contributed by atoms with E-state index in [9.17, 15) is 0 Å². The summed E-state index contributed by atoms with van der Waals surface area (Å²) in [6.45, 7) is 20.8. The number of unbranched alkanes of at least 4 members (excludes halogenated alkanes) is 12. The molecule has 0 fully saturated rings. The molecule has 0 heterocycles. The quantitative estimate of drug-likeness (QED) is 0.0576. The van der Waals surface area contributed by atoms with Crippen LogP contribution in [-0.2, 0) is 83.9 Å². The van der Waals surface area contributed by atoms with Gasteiger partial charge >= 0.3 is 0 Å². The Bertz CT molecular complexity index is 1390. The van der Waals surface area contributed by atoms with Gasteiger partial charge in [0.15, 0.2) is 0 Å². The molecule has 0 aromatic heterocycles. The molecule has 0 amide bonds. The van der Waals surface area contributed by atoms with Crippen LogP contribution in [0.4, 0.5) is 0 Å². The van der Waals surface area contributed by atoms with Crippen molar-refractivity contribution in [2.75, 3.05) is 211 Å². The lowest BCUT2D eigenvalue weighted by Gasteiger charge is -2.12. The molecule has 2 aromatic rings. The molecule has 2 aromatic carbocycles. The molecular weight excluding hydrogens is 1020 g/mol. The monoisotopic (exact) mass is 1130 g/mol. The van der Waals surface area contributed by atoms with Gasteiger partial charge in [-0.25, -0.2) is 0 Å². The Morgan fingerprint density at radius 1 is 0.203 bits per heavy atom. The van der Waals surface area contributed by atoms with E-state index in [1.807, 2.05) is 12.1 Å². The Morgan fingerprint density at radius 3 is 0.595 bits per heavy atom. The van der Waals surface area contributed by atoms with E-state index in [0.717, 1.165) is 24.3 Å². The Labute approximate surface area is 478 Å². The van der Waals surface area contributed by atoms with Crippen molar-refractivity contribution in [3.63, 3.8) is 0 Å². The number of aryl methyl sites for hydroxylation is 2. The fourth-order valence-corrected chi connectivity index (χ4v) is 7.85. The van der Waals surface area contributed by atoms with Crippen molar-refractivity contribution in [2.45, 2.75) is 117 Å². The molecule has 0 atom stereocenters. The standard InChI is InChI=1S/C62H110O17/c1-3-5-7-9-11-13-15-21-59-23-17-19-25-61(59)78-57-55-76-53-51-74-49-47-72-45-43-70-41-39-68-37-35-66-33-31-64-29-27-63-28-30-65-32-34-67-36-38-69-40-42-71-44-46-73-48-50-75-52-54-77-56-58-79-62-26-20-18-24-60(62)22-16-14-12-10-8-6-4-2/h17-20,23-26H,3-16,21-22,27-58H2,1-2H3. The highest BCUT2D eigenvalue weighted by molar-refractivity contribution is 5.34. The minimum absolute atomic E-state index is 0.497. The number of ether oxygens (including phenoxy) is 17. The summed E-state index contributed by atoms with van der Waals surface area (Å²) in [6, 6.07) is 16.7. The zero-order chi connectivity index (χ0) is 55.9. The van der Waals surface area contributed by atoms with Gasteiger partial charge in [0.1, 0.15) is 24.7 Å². The highest BCUT2D eigenvalue weighted by atomic mass is 16.6. The SMILES string of the molecule is CCCCCCCCCc1ccccc1OCCOCCOCCOCCOCCOCCOCCOCCOCCOCCOCCOCCOCCOCCOCCOCCOc1ccccc1CCCCCCCCC. The molecular formula is C62H110O17. The molecule has 17 nitrogen and oxygen atoms in total. The van der Waals surface area contributed by atoms with Gasteiger partial charge in [0.2, 0.25) is 0 Å². The number of hydrogen-bond acceptors (Lipinski definition) is 17. The highest BCUT2D eigenvalue weighted by Gasteiger charge is 2.06. The van der Waals surface area contributed by atoms with Crippen molar-refractivity contribution in [2.24, 2.45) is 0 Å². The highest BCUT2D eigenvalue weighted by Crippen LogP contribution is 2.22. The number of para-hydroxylation sites is 2. The van der Waals surface area contributed by atoms with Gasteiger partial charge in [0, 0.05) is 0 Å². The van der Waals surface area contributed by atoms with Gasteiger partial charge in [-0.2, -0.15) is 0 Å². The van der Waals surface area contributed by atoms with Gasteiger partial charge < -0.3 is 80.5 Å². The number of benzene rings is 2. The summed E-state index contributed by atoms with van der Waals surface area (Å²) in [5.74, 6) is 1.94. The normalized spacial score (nSPS) is 11.6. The second-order valence-electron chi connectivity index (χ2n) is 18.8. The fourth-order valence-electron chi connectivity index (χ4n) is 7.85. The van der Waals surface area contributed by atoms with Crippen LogP contribution in [0.3, 0.4) is 0 Å². The smallest absolute Gasteiger partial charge is 0.122 e.